The summed E-state index contributed by atoms with van der Waals surface area (Å²) >= 11 is 1.89. The average molecular weight is 652 g/mol. The van der Waals surface area contributed by atoms with E-state index in [0.29, 0.717) is 0 Å². The van der Waals surface area contributed by atoms with Gasteiger partial charge in [0.15, 0.2) is 0 Å². The standard InChI is InChI=1S/C48H29NS/c1-2-13-34-33(12-1)35-14-3-4-16-37(35)39-26-25-31(29-43(39)38-17-6-5-15-36(34)38)49-45-22-9-7-18-40(45)44-28-30(24-27-46(44)49)32-20-11-21-42-41-19-8-10-23-47(41)50-48(32)42/h1-29H. The Hall–Kier alpha value is -6.22. The van der Waals surface area contributed by atoms with Crippen molar-refractivity contribution in [1.82, 2.24) is 4.57 Å². The van der Waals surface area contributed by atoms with Gasteiger partial charge in [-0.1, -0.05) is 140 Å². The van der Waals surface area contributed by atoms with E-state index in [2.05, 4.69) is 180 Å². The van der Waals surface area contributed by atoms with Crippen molar-refractivity contribution in [1.29, 1.82) is 0 Å². The number of para-hydroxylation sites is 1. The third kappa shape index (κ3) is 3.94. The largest absolute Gasteiger partial charge is 0.309 e. The lowest BCUT2D eigenvalue weighted by molar-refractivity contribution is 1.18. The molecule has 0 saturated heterocycles. The van der Waals surface area contributed by atoms with Crippen LogP contribution in [0, 0.1) is 0 Å². The van der Waals surface area contributed by atoms with Gasteiger partial charge in [0.2, 0.25) is 0 Å². The zero-order valence-corrected chi connectivity index (χ0v) is 27.9. The Morgan fingerprint density at radius 2 is 0.840 bits per heavy atom. The fourth-order valence-electron chi connectivity index (χ4n) is 8.38. The van der Waals surface area contributed by atoms with E-state index in [0.717, 1.165) is 5.69 Å². The summed E-state index contributed by atoms with van der Waals surface area (Å²) in [4.78, 5) is 0. The average Bonchev–Trinajstić information content (AvgIpc) is 3.73. The minimum atomic E-state index is 1.16. The molecule has 1 aliphatic rings. The highest BCUT2D eigenvalue weighted by Gasteiger charge is 2.23. The zero-order chi connectivity index (χ0) is 32.8. The van der Waals surface area contributed by atoms with Crippen LogP contribution in [0.2, 0.25) is 0 Å². The first kappa shape index (κ1) is 27.7. The maximum atomic E-state index is 2.45. The van der Waals surface area contributed by atoms with Crippen LogP contribution in [0.1, 0.15) is 0 Å². The van der Waals surface area contributed by atoms with Crippen LogP contribution in [0.3, 0.4) is 0 Å². The highest BCUT2D eigenvalue weighted by molar-refractivity contribution is 7.26. The van der Waals surface area contributed by atoms with Gasteiger partial charge in [0.1, 0.15) is 0 Å². The maximum absolute atomic E-state index is 2.45. The quantitative estimate of drug-likeness (QED) is 0.175. The first-order valence-corrected chi connectivity index (χ1v) is 18.0. The summed E-state index contributed by atoms with van der Waals surface area (Å²) in [5.41, 5.74) is 16.2. The van der Waals surface area contributed by atoms with Crippen molar-refractivity contribution in [3.8, 4) is 61.3 Å². The second kappa shape index (κ2) is 10.6. The summed E-state index contributed by atoms with van der Waals surface area (Å²) in [6.45, 7) is 0. The third-order valence-electron chi connectivity index (χ3n) is 10.6. The molecule has 0 unspecified atom stereocenters. The van der Waals surface area contributed by atoms with E-state index in [1.165, 1.54) is 97.6 Å². The predicted molar refractivity (Wildman–Crippen MR) is 214 cm³/mol. The first-order chi connectivity index (χ1) is 24.8. The second-order valence-corrected chi connectivity index (χ2v) is 14.3. The fourth-order valence-corrected chi connectivity index (χ4v) is 9.62. The highest BCUT2D eigenvalue weighted by atomic mass is 32.1. The Labute approximate surface area is 293 Å². The van der Waals surface area contributed by atoms with Crippen LogP contribution >= 0.6 is 11.3 Å². The van der Waals surface area contributed by atoms with Crippen molar-refractivity contribution in [2.75, 3.05) is 0 Å². The van der Waals surface area contributed by atoms with Gasteiger partial charge in [-0.15, -0.1) is 11.3 Å². The van der Waals surface area contributed by atoms with Gasteiger partial charge in [-0.05, 0) is 92.0 Å². The molecule has 0 saturated carbocycles. The molecule has 50 heavy (non-hydrogen) atoms. The Kier molecular flexibility index (Phi) is 5.89. The van der Waals surface area contributed by atoms with Crippen LogP contribution in [0.25, 0.3) is 103 Å². The number of thiophene rings is 1. The highest BCUT2D eigenvalue weighted by Crippen LogP contribution is 2.49. The molecule has 1 aliphatic carbocycles. The minimum absolute atomic E-state index is 1.16. The molecule has 0 N–H and O–H groups in total. The molecule has 232 valence electrons. The molecule has 10 aromatic rings. The van der Waals surface area contributed by atoms with E-state index >= 15 is 0 Å². The van der Waals surface area contributed by atoms with E-state index in [-0.39, 0.29) is 0 Å². The molecule has 2 heteroatoms. The lowest BCUT2D eigenvalue weighted by Gasteiger charge is -2.24. The number of hydrogen-bond acceptors (Lipinski definition) is 1. The smallest absolute Gasteiger partial charge is 0.0541 e. The van der Waals surface area contributed by atoms with E-state index in [1.807, 2.05) is 11.3 Å². The van der Waals surface area contributed by atoms with Crippen LogP contribution in [0.4, 0.5) is 0 Å². The zero-order valence-electron chi connectivity index (χ0n) is 27.1. The molecule has 0 amide bonds. The van der Waals surface area contributed by atoms with Crippen LogP contribution in [0.15, 0.2) is 176 Å². The van der Waals surface area contributed by atoms with Crippen molar-refractivity contribution >= 4 is 53.3 Å². The monoisotopic (exact) mass is 651 g/mol. The number of fused-ring (bicyclic) bond motifs is 14. The number of aromatic nitrogens is 1. The Morgan fingerprint density at radius 1 is 0.320 bits per heavy atom. The number of nitrogens with zero attached hydrogens (tertiary/aromatic N) is 1. The molecule has 2 aromatic heterocycles. The van der Waals surface area contributed by atoms with Crippen molar-refractivity contribution in [3.63, 3.8) is 0 Å². The SMILES string of the molecule is c1ccc2c(c1)-c1ccccc1-c1ccc(-n3c4ccccc4c4cc(-c5cccc6c5sc5ccccc56)ccc43)cc1-c1ccccc1-2. The molecule has 0 radical (unpaired) electrons. The van der Waals surface area contributed by atoms with Gasteiger partial charge in [0, 0.05) is 36.6 Å². The summed E-state index contributed by atoms with van der Waals surface area (Å²) in [7, 11) is 0. The second-order valence-electron chi connectivity index (χ2n) is 13.2. The number of benzene rings is 8. The van der Waals surface area contributed by atoms with Crippen molar-refractivity contribution in [2.24, 2.45) is 0 Å². The van der Waals surface area contributed by atoms with Crippen LogP contribution < -0.4 is 0 Å². The van der Waals surface area contributed by atoms with Gasteiger partial charge >= 0.3 is 0 Å². The van der Waals surface area contributed by atoms with Crippen molar-refractivity contribution < 1.29 is 0 Å². The maximum Gasteiger partial charge on any atom is 0.0541 e. The minimum Gasteiger partial charge on any atom is -0.309 e. The molecule has 2 heterocycles. The van der Waals surface area contributed by atoms with E-state index in [9.17, 15) is 0 Å². The van der Waals surface area contributed by atoms with Gasteiger partial charge < -0.3 is 4.57 Å². The Morgan fingerprint density at radius 3 is 1.54 bits per heavy atom. The topological polar surface area (TPSA) is 4.93 Å². The normalized spacial score (nSPS) is 12.0. The predicted octanol–water partition coefficient (Wildman–Crippen LogP) is 13.8. The molecule has 8 aromatic carbocycles. The number of hydrogen-bond donors (Lipinski definition) is 0. The fraction of sp³-hybridized carbons (Fsp3) is 0. The third-order valence-corrected chi connectivity index (χ3v) is 11.8. The van der Waals surface area contributed by atoms with Crippen LogP contribution in [-0.4, -0.2) is 4.57 Å². The molecule has 0 aliphatic heterocycles. The lowest BCUT2D eigenvalue weighted by atomic mass is 9.81. The molecule has 0 fully saturated rings. The molecular formula is C48H29NS. The van der Waals surface area contributed by atoms with Gasteiger partial charge in [-0.3, -0.25) is 0 Å². The van der Waals surface area contributed by atoms with Crippen LogP contribution in [-0.2, 0) is 0 Å². The molecule has 11 rings (SSSR count). The molecule has 0 atom stereocenters. The van der Waals surface area contributed by atoms with E-state index in [1.54, 1.807) is 0 Å². The summed E-state index contributed by atoms with van der Waals surface area (Å²) in [5, 5.41) is 5.19. The van der Waals surface area contributed by atoms with Gasteiger partial charge in [-0.2, -0.15) is 0 Å². The van der Waals surface area contributed by atoms with Gasteiger partial charge in [0.25, 0.3) is 0 Å². The van der Waals surface area contributed by atoms with Crippen LogP contribution in [0.5, 0.6) is 0 Å². The molecular weight excluding hydrogens is 623 g/mol. The van der Waals surface area contributed by atoms with E-state index in [4.69, 9.17) is 0 Å². The summed E-state index contributed by atoms with van der Waals surface area (Å²) < 4.78 is 5.13. The van der Waals surface area contributed by atoms with Crippen molar-refractivity contribution in [3.05, 3.63) is 176 Å². The van der Waals surface area contributed by atoms with Crippen molar-refractivity contribution in [2.45, 2.75) is 0 Å². The lowest BCUT2D eigenvalue weighted by Crippen LogP contribution is -1.99. The Bertz CT molecular complexity index is 2990. The number of rotatable bonds is 2. The summed E-state index contributed by atoms with van der Waals surface area (Å²) in [6.07, 6.45) is 0. The van der Waals surface area contributed by atoms with Gasteiger partial charge in [0.05, 0.1) is 11.0 Å². The molecule has 0 bridgehead atoms. The molecule has 1 nitrogen and oxygen atoms in total. The summed E-state index contributed by atoms with van der Waals surface area (Å²) in [6, 6.07) is 65.1. The van der Waals surface area contributed by atoms with E-state index < -0.39 is 0 Å². The summed E-state index contributed by atoms with van der Waals surface area (Å²) in [5.74, 6) is 0. The molecule has 0 spiro atoms. The Balaban J connectivity index is 1.16. The van der Waals surface area contributed by atoms with Gasteiger partial charge in [-0.25, -0.2) is 0 Å². The first-order valence-electron chi connectivity index (χ1n) is 17.2.